The quantitative estimate of drug-likeness (QED) is 0.791. The molecule has 0 saturated carbocycles. The molecule has 3 nitrogen and oxygen atoms in total. The smallest absolute Gasteiger partial charge is 0.227 e. The lowest BCUT2D eigenvalue weighted by Crippen LogP contribution is -2.36. The van der Waals surface area contributed by atoms with Crippen LogP contribution in [-0.4, -0.2) is 19.0 Å². The van der Waals surface area contributed by atoms with E-state index in [1.807, 2.05) is 20.8 Å². The molecule has 0 N–H and O–H groups in total. The number of methoxy groups -OCH3 is 1. The summed E-state index contributed by atoms with van der Waals surface area (Å²) in [5, 5.41) is 0.576. The molecule has 0 amide bonds. The number of hydrogen-bond acceptors (Lipinski definition) is 3. The summed E-state index contributed by atoms with van der Waals surface area (Å²) in [5.41, 5.74) is 0.157. The van der Waals surface area contributed by atoms with Crippen LogP contribution in [0.15, 0.2) is 28.7 Å². The standard InChI is InChI=1S/C15H17FO3/c1-15(2,3)14(18-4)13(17)12-8-9-7-10(16)5-6-11(9)19-12/h5-8,14H,1-4H3. The van der Waals surface area contributed by atoms with Gasteiger partial charge < -0.3 is 9.15 Å². The number of benzene rings is 1. The summed E-state index contributed by atoms with van der Waals surface area (Å²) in [6.45, 7) is 5.75. The number of rotatable bonds is 3. The fraction of sp³-hybridized carbons (Fsp3) is 0.400. The molecule has 1 aromatic carbocycles. The lowest BCUT2D eigenvalue weighted by atomic mass is 9.86. The van der Waals surface area contributed by atoms with Gasteiger partial charge in [-0.1, -0.05) is 20.8 Å². The first-order valence-electron chi connectivity index (χ1n) is 6.09. The van der Waals surface area contributed by atoms with Crippen molar-refractivity contribution < 1.29 is 18.3 Å². The molecule has 1 atom stereocenters. The number of fused-ring (bicyclic) bond motifs is 1. The van der Waals surface area contributed by atoms with Crippen molar-refractivity contribution in [3.8, 4) is 0 Å². The average Bonchev–Trinajstić information content (AvgIpc) is 2.70. The minimum atomic E-state index is -0.599. The van der Waals surface area contributed by atoms with E-state index in [0.29, 0.717) is 11.0 Å². The minimum Gasteiger partial charge on any atom is -0.453 e. The van der Waals surface area contributed by atoms with Crippen LogP contribution in [0.5, 0.6) is 0 Å². The van der Waals surface area contributed by atoms with E-state index in [1.165, 1.54) is 25.3 Å². The van der Waals surface area contributed by atoms with Gasteiger partial charge in [-0.15, -0.1) is 0 Å². The number of furan rings is 1. The Hall–Kier alpha value is -1.68. The number of ether oxygens (including phenoxy) is 1. The van der Waals surface area contributed by atoms with Crippen LogP contribution < -0.4 is 0 Å². The second kappa shape index (κ2) is 4.78. The van der Waals surface area contributed by atoms with Crippen molar-refractivity contribution in [2.75, 3.05) is 7.11 Å². The van der Waals surface area contributed by atoms with Crippen molar-refractivity contribution in [2.24, 2.45) is 5.41 Å². The third-order valence-corrected chi connectivity index (χ3v) is 2.98. The van der Waals surface area contributed by atoms with Crippen LogP contribution in [0.25, 0.3) is 11.0 Å². The Bertz CT molecular complexity index is 607. The van der Waals surface area contributed by atoms with Gasteiger partial charge in [-0.2, -0.15) is 0 Å². The van der Waals surface area contributed by atoms with Gasteiger partial charge >= 0.3 is 0 Å². The van der Waals surface area contributed by atoms with Gasteiger partial charge in [0.1, 0.15) is 17.5 Å². The molecule has 102 valence electrons. The highest BCUT2D eigenvalue weighted by molar-refractivity contribution is 6.00. The molecule has 1 heterocycles. The molecular weight excluding hydrogens is 247 g/mol. The van der Waals surface area contributed by atoms with Gasteiger partial charge in [0.2, 0.25) is 5.78 Å². The van der Waals surface area contributed by atoms with E-state index in [0.717, 1.165) is 0 Å². The fourth-order valence-electron chi connectivity index (χ4n) is 2.12. The molecule has 1 aromatic heterocycles. The van der Waals surface area contributed by atoms with E-state index in [1.54, 1.807) is 6.07 Å². The summed E-state index contributed by atoms with van der Waals surface area (Å²) < 4.78 is 23.8. The minimum absolute atomic E-state index is 0.197. The first-order valence-corrected chi connectivity index (χ1v) is 6.09. The molecule has 1 unspecified atom stereocenters. The molecule has 4 heteroatoms. The number of carbonyl (C=O) groups is 1. The second-order valence-corrected chi connectivity index (χ2v) is 5.64. The molecule has 0 bridgehead atoms. The second-order valence-electron chi connectivity index (χ2n) is 5.64. The summed E-state index contributed by atoms with van der Waals surface area (Å²) in [4.78, 5) is 12.4. The Kier molecular flexibility index (Phi) is 3.45. The van der Waals surface area contributed by atoms with E-state index in [-0.39, 0.29) is 22.8 Å². The molecule has 2 aromatic rings. The number of Topliss-reactive ketones (excluding diaryl/α,β-unsaturated/α-hetero) is 1. The fourth-order valence-corrected chi connectivity index (χ4v) is 2.12. The Labute approximate surface area is 111 Å². The van der Waals surface area contributed by atoms with Crippen molar-refractivity contribution in [2.45, 2.75) is 26.9 Å². The molecule has 0 fully saturated rings. The Morgan fingerprint density at radius 2 is 2.00 bits per heavy atom. The zero-order valence-corrected chi connectivity index (χ0v) is 11.5. The normalized spacial score (nSPS) is 13.7. The average molecular weight is 264 g/mol. The van der Waals surface area contributed by atoms with Crippen LogP contribution in [-0.2, 0) is 4.74 Å². The Balaban J connectivity index is 2.41. The van der Waals surface area contributed by atoms with Gasteiger partial charge in [-0.3, -0.25) is 4.79 Å². The Morgan fingerprint density at radius 3 is 2.58 bits per heavy atom. The van der Waals surface area contributed by atoms with E-state index < -0.39 is 6.10 Å². The molecular formula is C15H17FO3. The van der Waals surface area contributed by atoms with Crippen molar-refractivity contribution in [3.05, 3.63) is 35.8 Å². The van der Waals surface area contributed by atoms with Crippen molar-refractivity contribution in [1.29, 1.82) is 0 Å². The van der Waals surface area contributed by atoms with Crippen LogP contribution in [0.1, 0.15) is 31.3 Å². The maximum absolute atomic E-state index is 13.1. The van der Waals surface area contributed by atoms with Gasteiger partial charge in [0.15, 0.2) is 5.76 Å². The van der Waals surface area contributed by atoms with Crippen LogP contribution >= 0.6 is 0 Å². The molecule has 2 rings (SSSR count). The lowest BCUT2D eigenvalue weighted by molar-refractivity contribution is 0.0176. The third kappa shape index (κ3) is 2.68. The topological polar surface area (TPSA) is 39.4 Å². The Morgan fingerprint density at radius 1 is 1.32 bits per heavy atom. The zero-order chi connectivity index (χ0) is 14.2. The molecule has 19 heavy (non-hydrogen) atoms. The summed E-state index contributed by atoms with van der Waals surface area (Å²) in [6, 6.07) is 5.71. The van der Waals surface area contributed by atoms with E-state index in [4.69, 9.17) is 9.15 Å². The highest BCUT2D eigenvalue weighted by atomic mass is 19.1. The molecule has 0 spiro atoms. The third-order valence-electron chi connectivity index (χ3n) is 2.98. The van der Waals surface area contributed by atoms with Crippen molar-refractivity contribution in [1.82, 2.24) is 0 Å². The number of ketones is 1. The van der Waals surface area contributed by atoms with E-state index >= 15 is 0 Å². The predicted molar refractivity (Wildman–Crippen MR) is 70.8 cm³/mol. The SMILES string of the molecule is COC(C(=O)c1cc2cc(F)ccc2o1)C(C)(C)C. The highest BCUT2D eigenvalue weighted by Gasteiger charge is 2.33. The van der Waals surface area contributed by atoms with E-state index in [9.17, 15) is 9.18 Å². The molecule has 0 saturated heterocycles. The van der Waals surface area contributed by atoms with E-state index in [2.05, 4.69) is 0 Å². The summed E-state index contributed by atoms with van der Waals surface area (Å²) in [6.07, 6.45) is -0.599. The predicted octanol–water partition coefficient (Wildman–Crippen LogP) is 3.82. The maximum atomic E-state index is 13.1. The summed E-state index contributed by atoms with van der Waals surface area (Å²) >= 11 is 0. The van der Waals surface area contributed by atoms with Crippen molar-refractivity contribution in [3.63, 3.8) is 0 Å². The van der Waals surface area contributed by atoms with Crippen LogP contribution in [0.4, 0.5) is 4.39 Å². The van der Waals surface area contributed by atoms with Crippen LogP contribution in [0, 0.1) is 11.2 Å². The first-order chi connectivity index (χ1) is 8.82. The molecule has 0 aliphatic heterocycles. The maximum Gasteiger partial charge on any atom is 0.227 e. The van der Waals surface area contributed by atoms with Gasteiger partial charge in [0.05, 0.1) is 0 Å². The summed E-state index contributed by atoms with van der Waals surface area (Å²) in [5.74, 6) is -0.389. The van der Waals surface area contributed by atoms with Crippen LogP contribution in [0.2, 0.25) is 0 Å². The van der Waals surface area contributed by atoms with Crippen molar-refractivity contribution >= 4 is 16.8 Å². The van der Waals surface area contributed by atoms with Gasteiger partial charge in [-0.25, -0.2) is 4.39 Å². The van der Waals surface area contributed by atoms with Crippen LogP contribution in [0.3, 0.4) is 0 Å². The monoisotopic (exact) mass is 264 g/mol. The number of carbonyl (C=O) groups excluding carboxylic acids is 1. The number of halogens is 1. The number of hydrogen-bond donors (Lipinski definition) is 0. The molecule has 0 aliphatic rings. The van der Waals surface area contributed by atoms with Gasteiger partial charge in [-0.05, 0) is 29.7 Å². The lowest BCUT2D eigenvalue weighted by Gasteiger charge is -2.27. The molecule has 0 radical (unpaired) electrons. The van der Waals surface area contributed by atoms with Gasteiger partial charge in [0, 0.05) is 12.5 Å². The highest BCUT2D eigenvalue weighted by Crippen LogP contribution is 2.28. The largest absolute Gasteiger partial charge is 0.453 e. The molecule has 0 aliphatic carbocycles. The first kappa shape index (κ1) is 13.7. The van der Waals surface area contributed by atoms with Gasteiger partial charge in [0.25, 0.3) is 0 Å². The summed E-state index contributed by atoms with van der Waals surface area (Å²) in [7, 11) is 1.50. The zero-order valence-electron chi connectivity index (χ0n) is 11.5.